The third-order valence-electron chi connectivity index (χ3n) is 4.36. The first-order valence-electron chi connectivity index (χ1n) is 7.71. The van der Waals surface area contributed by atoms with Crippen LogP contribution < -0.4 is 5.73 Å². The average molecular weight is 264 g/mol. The lowest BCUT2D eigenvalue weighted by atomic mass is 9.90. The van der Waals surface area contributed by atoms with E-state index in [0.29, 0.717) is 12.0 Å². The SMILES string of the molecule is CCc1cc(CN2CCC(N)C(CC)C2)n(CC)n1. The molecule has 0 radical (unpaired) electrons. The number of aryl methyl sites for hydroxylation is 2. The van der Waals surface area contributed by atoms with Crippen molar-refractivity contribution in [1.29, 1.82) is 0 Å². The Hall–Kier alpha value is -0.870. The van der Waals surface area contributed by atoms with Gasteiger partial charge in [0.2, 0.25) is 0 Å². The van der Waals surface area contributed by atoms with Crippen molar-refractivity contribution in [3.05, 3.63) is 17.5 Å². The highest BCUT2D eigenvalue weighted by atomic mass is 15.3. The summed E-state index contributed by atoms with van der Waals surface area (Å²) in [6, 6.07) is 2.66. The van der Waals surface area contributed by atoms with Gasteiger partial charge in [-0.15, -0.1) is 0 Å². The number of nitrogens with two attached hydrogens (primary N) is 1. The highest BCUT2D eigenvalue weighted by Gasteiger charge is 2.25. The summed E-state index contributed by atoms with van der Waals surface area (Å²) in [5, 5.41) is 4.63. The molecule has 1 aromatic rings. The number of hydrogen-bond donors (Lipinski definition) is 1. The maximum absolute atomic E-state index is 6.18. The van der Waals surface area contributed by atoms with E-state index in [0.717, 1.165) is 39.0 Å². The Bertz CT molecular complexity index is 399. The van der Waals surface area contributed by atoms with Crippen molar-refractivity contribution in [1.82, 2.24) is 14.7 Å². The molecule has 2 atom stereocenters. The molecule has 108 valence electrons. The third kappa shape index (κ3) is 3.37. The third-order valence-corrected chi connectivity index (χ3v) is 4.36. The van der Waals surface area contributed by atoms with Crippen LogP contribution in [-0.4, -0.2) is 33.8 Å². The molecule has 2 heterocycles. The van der Waals surface area contributed by atoms with Crippen LogP contribution in [0.3, 0.4) is 0 Å². The van der Waals surface area contributed by atoms with Crippen molar-refractivity contribution in [3.63, 3.8) is 0 Å². The van der Waals surface area contributed by atoms with Gasteiger partial charge in [-0.1, -0.05) is 20.3 Å². The van der Waals surface area contributed by atoms with Gasteiger partial charge in [-0.25, -0.2) is 0 Å². The topological polar surface area (TPSA) is 47.1 Å². The molecule has 4 nitrogen and oxygen atoms in total. The fraction of sp³-hybridized carbons (Fsp3) is 0.800. The maximum atomic E-state index is 6.18. The van der Waals surface area contributed by atoms with Gasteiger partial charge in [0.25, 0.3) is 0 Å². The van der Waals surface area contributed by atoms with Gasteiger partial charge in [-0.2, -0.15) is 5.10 Å². The molecule has 1 fully saturated rings. The molecule has 0 amide bonds. The highest BCUT2D eigenvalue weighted by molar-refractivity contribution is 5.10. The first kappa shape index (κ1) is 14.5. The molecule has 19 heavy (non-hydrogen) atoms. The molecule has 0 aromatic carbocycles. The average Bonchev–Trinajstić information content (AvgIpc) is 2.83. The van der Waals surface area contributed by atoms with Crippen molar-refractivity contribution in [2.24, 2.45) is 11.7 Å². The van der Waals surface area contributed by atoms with E-state index in [9.17, 15) is 0 Å². The molecule has 2 rings (SSSR count). The normalized spacial score (nSPS) is 24.8. The van der Waals surface area contributed by atoms with E-state index < -0.39 is 0 Å². The van der Waals surface area contributed by atoms with Crippen molar-refractivity contribution in [2.75, 3.05) is 13.1 Å². The van der Waals surface area contributed by atoms with Gasteiger partial charge < -0.3 is 5.73 Å². The molecule has 1 aromatic heterocycles. The second-order valence-electron chi connectivity index (χ2n) is 5.65. The number of rotatable bonds is 5. The second-order valence-corrected chi connectivity index (χ2v) is 5.65. The van der Waals surface area contributed by atoms with Crippen LogP contribution in [0.15, 0.2) is 6.07 Å². The molecule has 1 aliphatic rings. The molecule has 2 N–H and O–H groups in total. The van der Waals surface area contributed by atoms with Crippen molar-refractivity contribution in [3.8, 4) is 0 Å². The van der Waals surface area contributed by atoms with Gasteiger partial charge in [0.15, 0.2) is 0 Å². The van der Waals surface area contributed by atoms with Gasteiger partial charge in [-0.3, -0.25) is 9.58 Å². The number of nitrogens with zero attached hydrogens (tertiary/aromatic N) is 3. The highest BCUT2D eigenvalue weighted by Crippen LogP contribution is 2.20. The minimum atomic E-state index is 0.392. The molecule has 1 aliphatic heterocycles. The first-order valence-corrected chi connectivity index (χ1v) is 7.71. The molecule has 0 bridgehead atoms. The summed E-state index contributed by atoms with van der Waals surface area (Å²) in [6.07, 6.45) is 3.33. The van der Waals surface area contributed by atoms with E-state index in [1.54, 1.807) is 0 Å². The van der Waals surface area contributed by atoms with E-state index in [2.05, 4.69) is 41.5 Å². The summed E-state index contributed by atoms with van der Waals surface area (Å²) in [5.41, 5.74) is 8.74. The lowest BCUT2D eigenvalue weighted by Crippen LogP contribution is -2.46. The molecular weight excluding hydrogens is 236 g/mol. The summed E-state index contributed by atoms with van der Waals surface area (Å²) in [4.78, 5) is 2.54. The largest absolute Gasteiger partial charge is 0.327 e. The van der Waals surface area contributed by atoms with Crippen molar-refractivity contribution in [2.45, 2.75) is 59.2 Å². The van der Waals surface area contributed by atoms with Gasteiger partial charge >= 0.3 is 0 Å². The molecule has 0 spiro atoms. The van der Waals surface area contributed by atoms with Gasteiger partial charge in [-0.05, 0) is 31.7 Å². The van der Waals surface area contributed by atoms with E-state index in [-0.39, 0.29) is 0 Å². The monoisotopic (exact) mass is 264 g/mol. The Morgan fingerprint density at radius 2 is 2.16 bits per heavy atom. The molecule has 1 saturated heterocycles. The lowest BCUT2D eigenvalue weighted by Gasteiger charge is -2.36. The summed E-state index contributed by atoms with van der Waals surface area (Å²) in [5.74, 6) is 0.650. The van der Waals surface area contributed by atoms with Crippen LogP contribution >= 0.6 is 0 Å². The van der Waals surface area contributed by atoms with Crippen LogP contribution in [0.4, 0.5) is 0 Å². The number of likely N-dealkylation sites (tertiary alicyclic amines) is 1. The fourth-order valence-electron chi connectivity index (χ4n) is 3.02. The summed E-state index contributed by atoms with van der Waals surface area (Å²) in [7, 11) is 0. The van der Waals surface area contributed by atoms with E-state index in [1.807, 2.05) is 0 Å². The summed E-state index contributed by atoms with van der Waals surface area (Å²) >= 11 is 0. The van der Waals surface area contributed by atoms with E-state index in [1.165, 1.54) is 17.8 Å². The Labute approximate surface area is 117 Å². The van der Waals surface area contributed by atoms with Crippen LogP contribution in [0.5, 0.6) is 0 Å². The van der Waals surface area contributed by atoms with Gasteiger partial charge in [0.1, 0.15) is 0 Å². The zero-order valence-corrected chi connectivity index (χ0v) is 12.6. The summed E-state index contributed by atoms with van der Waals surface area (Å²) < 4.78 is 2.15. The minimum absolute atomic E-state index is 0.392. The second kappa shape index (κ2) is 6.53. The predicted octanol–water partition coefficient (Wildman–Crippen LogP) is 2.02. The Balaban J connectivity index is 2.02. The quantitative estimate of drug-likeness (QED) is 0.885. The Kier molecular flexibility index (Phi) is 4.99. The van der Waals surface area contributed by atoms with Crippen LogP contribution in [0, 0.1) is 5.92 Å². The number of aromatic nitrogens is 2. The zero-order chi connectivity index (χ0) is 13.8. The standard InChI is InChI=1S/C15H28N4/c1-4-12-10-18(8-7-15(12)16)11-14-9-13(5-2)17-19(14)6-3/h9,12,15H,4-8,10-11,16H2,1-3H3. The van der Waals surface area contributed by atoms with Crippen molar-refractivity contribution >= 4 is 0 Å². The molecule has 0 saturated carbocycles. The number of piperidine rings is 1. The van der Waals surface area contributed by atoms with Gasteiger partial charge in [0, 0.05) is 32.2 Å². The predicted molar refractivity (Wildman–Crippen MR) is 78.9 cm³/mol. The molecule has 4 heteroatoms. The first-order chi connectivity index (χ1) is 9.17. The maximum Gasteiger partial charge on any atom is 0.0625 e. The van der Waals surface area contributed by atoms with Crippen LogP contribution in [0.2, 0.25) is 0 Å². The van der Waals surface area contributed by atoms with Crippen LogP contribution in [-0.2, 0) is 19.5 Å². The van der Waals surface area contributed by atoms with Crippen LogP contribution in [0.25, 0.3) is 0 Å². The van der Waals surface area contributed by atoms with Crippen molar-refractivity contribution < 1.29 is 0 Å². The summed E-state index contributed by atoms with van der Waals surface area (Å²) in [6.45, 7) is 10.8. The lowest BCUT2D eigenvalue weighted by molar-refractivity contribution is 0.142. The molecular formula is C15H28N4. The van der Waals surface area contributed by atoms with Crippen LogP contribution in [0.1, 0.15) is 45.0 Å². The van der Waals surface area contributed by atoms with E-state index >= 15 is 0 Å². The molecule has 0 aliphatic carbocycles. The Morgan fingerprint density at radius 1 is 1.37 bits per heavy atom. The van der Waals surface area contributed by atoms with E-state index in [4.69, 9.17) is 5.73 Å². The number of hydrogen-bond acceptors (Lipinski definition) is 3. The molecule has 2 unspecified atom stereocenters. The Morgan fingerprint density at radius 3 is 2.79 bits per heavy atom. The minimum Gasteiger partial charge on any atom is -0.327 e. The fourth-order valence-corrected chi connectivity index (χ4v) is 3.02. The zero-order valence-electron chi connectivity index (χ0n) is 12.6. The smallest absolute Gasteiger partial charge is 0.0625 e. The van der Waals surface area contributed by atoms with Gasteiger partial charge in [0.05, 0.1) is 11.4 Å².